The number of hydrogen-bond donors (Lipinski definition) is 2. The van der Waals surface area contributed by atoms with E-state index in [2.05, 4.69) is 20.7 Å². The van der Waals surface area contributed by atoms with Gasteiger partial charge in [-0.05, 0) is 28.8 Å². The van der Waals surface area contributed by atoms with E-state index in [-0.39, 0.29) is 22.2 Å². The van der Waals surface area contributed by atoms with Crippen molar-refractivity contribution in [3.63, 3.8) is 0 Å². The summed E-state index contributed by atoms with van der Waals surface area (Å²) in [4.78, 5) is 10.5. The van der Waals surface area contributed by atoms with Gasteiger partial charge in [0, 0.05) is 19.2 Å². The molecule has 19 heavy (non-hydrogen) atoms. The largest absolute Gasteiger partial charge is 0.475 e. The van der Waals surface area contributed by atoms with E-state index in [0.29, 0.717) is 6.61 Å². The van der Waals surface area contributed by atoms with Gasteiger partial charge in [0.2, 0.25) is 15.8 Å². The molecule has 106 valence electrons. The van der Waals surface area contributed by atoms with Gasteiger partial charge in [-0.3, -0.25) is 0 Å². The van der Waals surface area contributed by atoms with Gasteiger partial charge < -0.3 is 14.3 Å². The molecule has 0 aliphatic carbocycles. The summed E-state index contributed by atoms with van der Waals surface area (Å²) in [5.41, 5.74) is 0. The number of carbonyl (C=O) groups is 1. The van der Waals surface area contributed by atoms with Gasteiger partial charge in [-0.2, -0.15) is 0 Å². The maximum atomic E-state index is 12.0. The van der Waals surface area contributed by atoms with Gasteiger partial charge in [0.1, 0.15) is 4.90 Å². The Balaban J connectivity index is 2.12. The Kier molecular flexibility index (Phi) is 4.29. The molecule has 0 bridgehead atoms. The predicted molar refractivity (Wildman–Crippen MR) is 67.5 cm³/mol. The number of nitrogens with one attached hydrogen (secondary N) is 1. The molecule has 0 radical (unpaired) electrons. The highest BCUT2D eigenvalue weighted by atomic mass is 79.9. The third kappa shape index (κ3) is 3.35. The summed E-state index contributed by atoms with van der Waals surface area (Å²) >= 11 is 2.89. The molecule has 0 saturated carbocycles. The zero-order chi connectivity index (χ0) is 14.0. The number of hydrogen-bond acceptors (Lipinski definition) is 5. The van der Waals surface area contributed by atoms with Crippen LogP contribution in [0.25, 0.3) is 0 Å². The SMILES string of the molecule is O=C(O)c1cc(S(=O)(=O)NCC2CCCO2)c(Br)o1. The zero-order valence-electron chi connectivity index (χ0n) is 9.76. The second-order valence-corrected chi connectivity index (χ2v) is 6.50. The standard InChI is InChI=1S/C10H12BrNO6S/c11-9-8(4-7(18-9)10(13)14)19(15,16)12-5-6-2-1-3-17-6/h4,6,12H,1-3,5H2,(H,13,14). The van der Waals surface area contributed by atoms with Crippen molar-refractivity contribution in [2.45, 2.75) is 23.8 Å². The van der Waals surface area contributed by atoms with E-state index in [1.165, 1.54) is 0 Å². The molecule has 1 aliphatic heterocycles. The number of rotatable bonds is 5. The molecular weight excluding hydrogens is 342 g/mol. The molecule has 1 saturated heterocycles. The van der Waals surface area contributed by atoms with E-state index < -0.39 is 21.8 Å². The van der Waals surface area contributed by atoms with E-state index in [4.69, 9.17) is 14.3 Å². The van der Waals surface area contributed by atoms with Crippen molar-refractivity contribution in [1.82, 2.24) is 4.72 Å². The molecule has 7 nitrogen and oxygen atoms in total. The van der Waals surface area contributed by atoms with E-state index in [9.17, 15) is 13.2 Å². The topological polar surface area (TPSA) is 106 Å². The molecule has 1 aliphatic rings. The molecule has 1 fully saturated rings. The van der Waals surface area contributed by atoms with E-state index >= 15 is 0 Å². The highest BCUT2D eigenvalue weighted by molar-refractivity contribution is 9.10. The van der Waals surface area contributed by atoms with E-state index in [0.717, 1.165) is 18.9 Å². The van der Waals surface area contributed by atoms with Gasteiger partial charge in [0.25, 0.3) is 0 Å². The third-order valence-electron chi connectivity index (χ3n) is 2.68. The average Bonchev–Trinajstić information content (AvgIpc) is 2.95. The van der Waals surface area contributed by atoms with Crippen LogP contribution in [0, 0.1) is 0 Å². The monoisotopic (exact) mass is 353 g/mol. The lowest BCUT2D eigenvalue weighted by Gasteiger charge is -2.10. The fraction of sp³-hybridized carbons (Fsp3) is 0.500. The van der Waals surface area contributed by atoms with E-state index in [1.807, 2.05) is 0 Å². The van der Waals surface area contributed by atoms with Crippen molar-refractivity contribution in [2.24, 2.45) is 0 Å². The second-order valence-electron chi connectivity index (χ2n) is 4.04. The average molecular weight is 354 g/mol. The first-order valence-corrected chi connectivity index (χ1v) is 7.81. The molecule has 1 atom stereocenters. The smallest absolute Gasteiger partial charge is 0.371 e. The Labute approximate surface area is 118 Å². The number of carboxylic acids is 1. The van der Waals surface area contributed by atoms with E-state index in [1.54, 1.807) is 0 Å². The van der Waals surface area contributed by atoms with Gasteiger partial charge in [-0.15, -0.1) is 0 Å². The summed E-state index contributed by atoms with van der Waals surface area (Å²) in [5.74, 6) is -1.77. The van der Waals surface area contributed by atoms with Crippen molar-refractivity contribution in [2.75, 3.05) is 13.2 Å². The van der Waals surface area contributed by atoms with Gasteiger partial charge >= 0.3 is 5.97 Å². The lowest BCUT2D eigenvalue weighted by Crippen LogP contribution is -2.31. The number of ether oxygens (including phenoxy) is 1. The van der Waals surface area contributed by atoms with Crippen molar-refractivity contribution in [1.29, 1.82) is 0 Å². The maximum Gasteiger partial charge on any atom is 0.371 e. The van der Waals surface area contributed by atoms with Crippen LogP contribution < -0.4 is 4.72 Å². The molecular formula is C10H12BrNO6S. The number of carboxylic acid groups (broad SMARTS) is 1. The fourth-order valence-electron chi connectivity index (χ4n) is 1.73. The molecule has 1 aromatic heterocycles. The van der Waals surface area contributed by atoms with Crippen LogP contribution >= 0.6 is 15.9 Å². The van der Waals surface area contributed by atoms with Crippen LogP contribution in [0.4, 0.5) is 0 Å². The Morgan fingerprint density at radius 1 is 1.58 bits per heavy atom. The summed E-state index contributed by atoms with van der Waals surface area (Å²) < 4.78 is 36.3. The van der Waals surface area contributed by atoms with Crippen LogP contribution in [0.2, 0.25) is 0 Å². The first-order chi connectivity index (χ1) is 8.90. The first-order valence-electron chi connectivity index (χ1n) is 5.54. The van der Waals surface area contributed by atoms with Gasteiger partial charge in [0.15, 0.2) is 4.67 Å². The first kappa shape index (κ1) is 14.5. The number of halogens is 1. The Bertz CT molecular complexity index is 575. The molecule has 2 heterocycles. The number of aromatic carboxylic acids is 1. The Morgan fingerprint density at radius 3 is 2.84 bits per heavy atom. The Morgan fingerprint density at radius 2 is 2.32 bits per heavy atom. The molecule has 9 heteroatoms. The minimum absolute atomic E-state index is 0.134. The number of furan rings is 1. The molecule has 0 spiro atoms. The van der Waals surface area contributed by atoms with Crippen LogP contribution in [0.5, 0.6) is 0 Å². The van der Waals surface area contributed by atoms with Gasteiger partial charge in [0.05, 0.1) is 6.10 Å². The lowest BCUT2D eigenvalue weighted by atomic mass is 10.2. The van der Waals surface area contributed by atoms with Gasteiger partial charge in [-0.25, -0.2) is 17.9 Å². The molecule has 0 amide bonds. The summed E-state index contributed by atoms with van der Waals surface area (Å²) in [6.45, 7) is 0.785. The van der Waals surface area contributed by atoms with Crippen LogP contribution in [0.15, 0.2) is 20.0 Å². The summed E-state index contributed by atoms with van der Waals surface area (Å²) in [6.07, 6.45) is 1.57. The fourth-order valence-corrected chi connectivity index (χ4v) is 3.73. The zero-order valence-corrected chi connectivity index (χ0v) is 12.2. The minimum atomic E-state index is -3.83. The van der Waals surface area contributed by atoms with Crippen molar-refractivity contribution in [3.8, 4) is 0 Å². The molecule has 1 aromatic rings. The summed E-state index contributed by atoms with van der Waals surface area (Å²) in [6, 6.07) is 0.963. The van der Waals surface area contributed by atoms with Crippen LogP contribution in [0.1, 0.15) is 23.4 Å². The quantitative estimate of drug-likeness (QED) is 0.823. The Hall–Kier alpha value is -0.900. The molecule has 2 rings (SSSR count). The van der Waals surface area contributed by atoms with Crippen LogP contribution in [-0.2, 0) is 14.8 Å². The highest BCUT2D eigenvalue weighted by Gasteiger charge is 2.26. The minimum Gasteiger partial charge on any atom is -0.475 e. The molecule has 2 N–H and O–H groups in total. The van der Waals surface area contributed by atoms with Crippen molar-refractivity contribution < 1.29 is 27.5 Å². The van der Waals surface area contributed by atoms with Crippen molar-refractivity contribution in [3.05, 3.63) is 16.5 Å². The van der Waals surface area contributed by atoms with Gasteiger partial charge in [-0.1, -0.05) is 0 Å². The lowest BCUT2D eigenvalue weighted by molar-refractivity contribution is 0.0661. The molecule has 0 aromatic carbocycles. The third-order valence-corrected chi connectivity index (χ3v) is 4.96. The van der Waals surface area contributed by atoms with Crippen LogP contribution in [0.3, 0.4) is 0 Å². The second kappa shape index (κ2) is 5.61. The molecule has 1 unspecified atom stereocenters. The van der Waals surface area contributed by atoms with Crippen molar-refractivity contribution >= 4 is 31.9 Å². The van der Waals surface area contributed by atoms with Crippen LogP contribution in [-0.4, -0.2) is 38.7 Å². The summed E-state index contributed by atoms with van der Waals surface area (Å²) in [7, 11) is -3.83. The normalized spacial score (nSPS) is 19.7. The highest BCUT2D eigenvalue weighted by Crippen LogP contribution is 2.26. The maximum absolute atomic E-state index is 12.0. The number of sulfonamides is 1. The predicted octanol–water partition coefficient (Wildman–Crippen LogP) is 1.20. The summed E-state index contributed by atoms with van der Waals surface area (Å²) in [5, 5.41) is 8.74.